The van der Waals surface area contributed by atoms with Crippen molar-refractivity contribution in [2.24, 2.45) is 7.05 Å². The standard InChI is InChI=1S/C22H22N4OS2/c1-15(17-10-9-16-6-3-4-7-18(16)12-17)23-21(27)14-29-22-25-24-20(26(22)2)13-19-8-5-11-28-19/h3-12,15H,13-14H2,1-2H3,(H,23,27). The van der Waals surface area contributed by atoms with E-state index >= 15 is 0 Å². The fourth-order valence-electron chi connectivity index (χ4n) is 3.17. The first kappa shape index (κ1) is 19.7. The Hall–Kier alpha value is -2.64. The van der Waals surface area contributed by atoms with Gasteiger partial charge in [0.15, 0.2) is 5.16 Å². The van der Waals surface area contributed by atoms with Gasteiger partial charge in [0, 0.05) is 18.3 Å². The zero-order chi connectivity index (χ0) is 20.2. The van der Waals surface area contributed by atoms with Crippen molar-refractivity contribution in [2.45, 2.75) is 24.5 Å². The van der Waals surface area contributed by atoms with Gasteiger partial charge in [-0.15, -0.1) is 21.5 Å². The van der Waals surface area contributed by atoms with Crippen LogP contribution in [0.25, 0.3) is 10.8 Å². The van der Waals surface area contributed by atoms with E-state index in [1.165, 1.54) is 27.4 Å². The molecule has 0 aliphatic carbocycles. The molecule has 1 atom stereocenters. The summed E-state index contributed by atoms with van der Waals surface area (Å²) >= 11 is 3.12. The van der Waals surface area contributed by atoms with Gasteiger partial charge in [0.1, 0.15) is 5.82 Å². The van der Waals surface area contributed by atoms with E-state index in [9.17, 15) is 4.79 Å². The Morgan fingerprint density at radius 1 is 1.14 bits per heavy atom. The summed E-state index contributed by atoms with van der Waals surface area (Å²) in [6.45, 7) is 2.01. The molecule has 0 bridgehead atoms. The highest BCUT2D eigenvalue weighted by Crippen LogP contribution is 2.22. The van der Waals surface area contributed by atoms with Gasteiger partial charge in [-0.3, -0.25) is 4.79 Å². The van der Waals surface area contributed by atoms with Crippen LogP contribution in [0.3, 0.4) is 0 Å². The number of hydrogen-bond donors (Lipinski definition) is 1. The Bertz CT molecular complexity index is 1120. The van der Waals surface area contributed by atoms with E-state index in [0.29, 0.717) is 5.75 Å². The fourth-order valence-corrected chi connectivity index (χ4v) is 4.61. The number of nitrogens with zero attached hydrogens (tertiary/aromatic N) is 3. The van der Waals surface area contributed by atoms with Gasteiger partial charge in [-0.2, -0.15) is 0 Å². The summed E-state index contributed by atoms with van der Waals surface area (Å²) in [6.07, 6.45) is 0.757. The molecule has 4 rings (SSSR count). The van der Waals surface area contributed by atoms with Crippen LogP contribution in [0.5, 0.6) is 0 Å². The summed E-state index contributed by atoms with van der Waals surface area (Å²) in [5.74, 6) is 1.20. The largest absolute Gasteiger partial charge is 0.349 e. The first-order chi connectivity index (χ1) is 14.1. The van der Waals surface area contributed by atoms with E-state index in [0.717, 1.165) is 23.0 Å². The van der Waals surface area contributed by atoms with Crippen molar-refractivity contribution in [3.05, 3.63) is 76.2 Å². The van der Waals surface area contributed by atoms with Gasteiger partial charge in [0.05, 0.1) is 11.8 Å². The highest BCUT2D eigenvalue weighted by atomic mass is 32.2. The maximum absolute atomic E-state index is 12.5. The SMILES string of the molecule is CC(NC(=O)CSc1nnc(Cc2cccs2)n1C)c1ccc2ccccc2c1. The molecule has 2 heterocycles. The van der Waals surface area contributed by atoms with Crippen molar-refractivity contribution in [1.29, 1.82) is 0 Å². The topological polar surface area (TPSA) is 59.8 Å². The molecular weight excluding hydrogens is 400 g/mol. The Morgan fingerprint density at radius 2 is 1.97 bits per heavy atom. The predicted octanol–water partition coefficient (Wildman–Crippen LogP) is 4.59. The van der Waals surface area contributed by atoms with E-state index in [2.05, 4.69) is 57.3 Å². The lowest BCUT2D eigenvalue weighted by Gasteiger charge is -2.15. The second-order valence-electron chi connectivity index (χ2n) is 6.90. The number of carbonyl (C=O) groups is 1. The number of carbonyl (C=O) groups excluding carboxylic acids is 1. The van der Waals surface area contributed by atoms with Crippen molar-refractivity contribution in [1.82, 2.24) is 20.1 Å². The first-order valence-corrected chi connectivity index (χ1v) is 11.3. The maximum atomic E-state index is 12.5. The lowest BCUT2D eigenvalue weighted by atomic mass is 10.0. The third-order valence-electron chi connectivity index (χ3n) is 4.82. The summed E-state index contributed by atoms with van der Waals surface area (Å²) in [5.41, 5.74) is 1.10. The van der Waals surface area contributed by atoms with E-state index in [1.54, 1.807) is 11.3 Å². The lowest BCUT2D eigenvalue weighted by molar-refractivity contribution is -0.119. The quantitative estimate of drug-likeness (QED) is 0.443. The van der Waals surface area contributed by atoms with Crippen molar-refractivity contribution >= 4 is 39.8 Å². The van der Waals surface area contributed by atoms with Crippen LogP contribution in [0.1, 0.15) is 29.2 Å². The molecule has 0 aliphatic heterocycles. The molecule has 5 nitrogen and oxygen atoms in total. The van der Waals surface area contributed by atoms with E-state index in [4.69, 9.17) is 0 Å². The third kappa shape index (κ3) is 4.68. The van der Waals surface area contributed by atoms with Gasteiger partial charge in [-0.1, -0.05) is 54.2 Å². The van der Waals surface area contributed by atoms with E-state index < -0.39 is 0 Å². The average Bonchev–Trinajstić information content (AvgIpc) is 3.37. The minimum atomic E-state index is -0.0541. The minimum Gasteiger partial charge on any atom is -0.349 e. The second-order valence-corrected chi connectivity index (χ2v) is 8.87. The molecule has 0 spiro atoms. The zero-order valence-electron chi connectivity index (χ0n) is 16.3. The van der Waals surface area contributed by atoms with Crippen LogP contribution in [0.15, 0.2) is 65.1 Å². The number of nitrogens with one attached hydrogen (secondary N) is 1. The van der Waals surface area contributed by atoms with Crippen LogP contribution in [0.4, 0.5) is 0 Å². The molecule has 1 unspecified atom stereocenters. The molecule has 148 valence electrons. The molecule has 0 saturated carbocycles. The van der Waals surface area contributed by atoms with Crippen molar-refractivity contribution in [2.75, 3.05) is 5.75 Å². The molecule has 0 radical (unpaired) electrons. The predicted molar refractivity (Wildman–Crippen MR) is 119 cm³/mol. The molecule has 29 heavy (non-hydrogen) atoms. The van der Waals surface area contributed by atoms with E-state index in [-0.39, 0.29) is 11.9 Å². The normalized spacial score (nSPS) is 12.2. The summed E-state index contributed by atoms with van der Waals surface area (Å²) in [4.78, 5) is 13.7. The van der Waals surface area contributed by atoms with Crippen molar-refractivity contribution in [3.63, 3.8) is 0 Å². The molecule has 2 aromatic carbocycles. The zero-order valence-corrected chi connectivity index (χ0v) is 18.0. The van der Waals surface area contributed by atoms with Crippen LogP contribution in [-0.2, 0) is 18.3 Å². The van der Waals surface area contributed by atoms with Gasteiger partial charge < -0.3 is 9.88 Å². The molecule has 0 aliphatic rings. The fraction of sp³-hybridized carbons (Fsp3) is 0.227. The number of amides is 1. The molecule has 0 saturated heterocycles. The summed E-state index contributed by atoms with van der Waals surface area (Å²) in [6, 6.07) is 18.6. The van der Waals surface area contributed by atoms with Gasteiger partial charge in [-0.05, 0) is 40.8 Å². The Kier molecular flexibility index (Phi) is 5.97. The highest BCUT2D eigenvalue weighted by molar-refractivity contribution is 7.99. The number of hydrogen-bond acceptors (Lipinski definition) is 5. The number of fused-ring (bicyclic) bond motifs is 1. The Morgan fingerprint density at radius 3 is 2.76 bits per heavy atom. The van der Waals surface area contributed by atoms with E-state index in [1.807, 2.05) is 36.7 Å². The average molecular weight is 423 g/mol. The number of rotatable bonds is 7. The highest BCUT2D eigenvalue weighted by Gasteiger charge is 2.14. The monoisotopic (exact) mass is 422 g/mol. The summed E-state index contributed by atoms with van der Waals surface area (Å²) in [5, 5.41) is 16.8. The smallest absolute Gasteiger partial charge is 0.230 e. The molecule has 0 fully saturated rings. The van der Waals surface area contributed by atoms with Crippen LogP contribution in [-0.4, -0.2) is 26.4 Å². The van der Waals surface area contributed by atoms with Crippen LogP contribution >= 0.6 is 23.1 Å². The maximum Gasteiger partial charge on any atom is 0.230 e. The third-order valence-corrected chi connectivity index (χ3v) is 6.72. The van der Waals surface area contributed by atoms with Crippen LogP contribution in [0.2, 0.25) is 0 Å². The molecular formula is C22H22N4OS2. The van der Waals surface area contributed by atoms with Crippen LogP contribution < -0.4 is 5.32 Å². The molecule has 7 heteroatoms. The molecule has 1 N–H and O–H groups in total. The first-order valence-electron chi connectivity index (χ1n) is 9.41. The van der Waals surface area contributed by atoms with Gasteiger partial charge in [-0.25, -0.2) is 0 Å². The Labute approximate surface area is 178 Å². The number of thioether (sulfide) groups is 1. The molecule has 1 amide bonds. The molecule has 4 aromatic rings. The molecule has 2 aromatic heterocycles. The van der Waals surface area contributed by atoms with Crippen LogP contribution in [0, 0.1) is 0 Å². The van der Waals surface area contributed by atoms with Gasteiger partial charge in [0.2, 0.25) is 5.91 Å². The lowest BCUT2D eigenvalue weighted by Crippen LogP contribution is -2.28. The number of thiophene rings is 1. The van der Waals surface area contributed by atoms with Crippen molar-refractivity contribution in [3.8, 4) is 0 Å². The summed E-state index contributed by atoms with van der Waals surface area (Å²) in [7, 11) is 1.95. The van der Waals surface area contributed by atoms with Crippen molar-refractivity contribution < 1.29 is 4.79 Å². The van der Waals surface area contributed by atoms with Gasteiger partial charge >= 0.3 is 0 Å². The van der Waals surface area contributed by atoms with Gasteiger partial charge in [0.25, 0.3) is 0 Å². The summed E-state index contributed by atoms with van der Waals surface area (Å²) < 4.78 is 1.96. The number of benzene rings is 2. The number of aromatic nitrogens is 3. The Balaban J connectivity index is 1.34. The minimum absolute atomic E-state index is 0.0153. The second kappa shape index (κ2) is 8.80.